The molecule has 2 aromatic carbocycles. The van der Waals surface area contributed by atoms with Crippen molar-refractivity contribution in [1.82, 2.24) is 9.97 Å². The number of benzene rings is 2. The second-order valence-electron chi connectivity index (χ2n) is 6.66. The Balaban J connectivity index is 1.43. The smallest absolute Gasteiger partial charge is 0.227 e. The lowest BCUT2D eigenvalue weighted by molar-refractivity contribution is 0.640. The lowest BCUT2D eigenvalue weighted by atomic mass is 10.2. The topological polar surface area (TPSA) is 44.3 Å². The first-order chi connectivity index (χ1) is 13.2. The van der Waals surface area contributed by atoms with Crippen molar-refractivity contribution >= 4 is 34.7 Å². The van der Waals surface area contributed by atoms with Gasteiger partial charge in [0.1, 0.15) is 5.82 Å². The Hall–Kier alpha value is -2.79. The SMILES string of the molecule is Cc1cccc(N2CCN(c3nccc(Nc4ccccc4Cl)n3)CC2)c1. The van der Waals surface area contributed by atoms with Crippen LogP contribution in [0, 0.1) is 6.92 Å². The van der Waals surface area contributed by atoms with E-state index in [1.807, 2.05) is 30.3 Å². The van der Waals surface area contributed by atoms with Gasteiger partial charge in [-0.1, -0.05) is 35.9 Å². The molecule has 0 saturated carbocycles. The average molecular weight is 380 g/mol. The van der Waals surface area contributed by atoms with E-state index in [-0.39, 0.29) is 0 Å². The fourth-order valence-electron chi connectivity index (χ4n) is 3.26. The van der Waals surface area contributed by atoms with Crippen LogP contribution in [-0.2, 0) is 0 Å². The van der Waals surface area contributed by atoms with Crippen LogP contribution in [0.15, 0.2) is 60.8 Å². The van der Waals surface area contributed by atoms with Crippen LogP contribution >= 0.6 is 11.6 Å². The maximum Gasteiger partial charge on any atom is 0.227 e. The molecule has 5 nitrogen and oxygen atoms in total. The lowest BCUT2D eigenvalue weighted by Gasteiger charge is -2.36. The summed E-state index contributed by atoms with van der Waals surface area (Å²) in [7, 11) is 0. The van der Waals surface area contributed by atoms with Crippen LogP contribution in [0.3, 0.4) is 0 Å². The molecule has 0 aliphatic carbocycles. The molecule has 1 aromatic heterocycles. The highest BCUT2D eigenvalue weighted by atomic mass is 35.5. The molecule has 2 heterocycles. The third-order valence-electron chi connectivity index (χ3n) is 4.71. The Morgan fingerprint density at radius 2 is 1.70 bits per heavy atom. The van der Waals surface area contributed by atoms with Crippen LogP contribution < -0.4 is 15.1 Å². The van der Waals surface area contributed by atoms with E-state index in [1.165, 1.54) is 11.3 Å². The highest BCUT2D eigenvalue weighted by Gasteiger charge is 2.19. The summed E-state index contributed by atoms with van der Waals surface area (Å²) < 4.78 is 0. The van der Waals surface area contributed by atoms with Gasteiger partial charge in [-0.2, -0.15) is 4.98 Å². The van der Waals surface area contributed by atoms with E-state index in [0.717, 1.165) is 43.6 Å². The zero-order valence-electron chi connectivity index (χ0n) is 15.3. The van der Waals surface area contributed by atoms with Gasteiger partial charge in [0.2, 0.25) is 5.95 Å². The number of aromatic nitrogens is 2. The summed E-state index contributed by atoms with van der Waals surface area (Å²) in [5.74, 6) is 1.49. The molecule has 1 aliphatic rings. The summed E-state index contributed by atoms with van der Waals surface area (Å²) in [5, 5.41) is 3.94. The molecule has 138 valence electrons. The zero-order valence-corrected chi connectivity index (χ0v) is 16.0. The van der Waals surface area contributed by atoms with Crippen molar-refractivity contribution in [2.24, 2.45) is 0 Å². The Kier molecular flexibility index (Phi) is 5.12. The normalized spacial score (nSPS) is 14.3. The number of piperazine rings is 1. The molecule has 4 rings (SSSR count). The highest BCUT2D eigenvalue weighted by Crippen LogP contribution is 2.25. The van der Waals surface area contributed by atoms with Crippen LogP contribution in [0.1, 0.15) is 5.56 Å². The average Bonchev–Trinajstić information content (AvgIpc) is 2.70. The lowest BCUT2D eigenvalue weighted by Crippen LogP contribution is -2.47. The summed E-state index contributed by atoms with van der Waals surface area (Å²) in [6.07, 6.45) is 1.79. The third kappa shape index (κ3) is 4.14. The van der Waals surface area contributed by atoms with Crippen LogP contribution in [0.2, 0.25) is 5.02 Å². The van der Waals surface area contributed by atoms with Gasteiger partial charge in [-0.15, -0.1) is 0 Å². The van der Waals surface area contributed by atoms with Crippen molar-refractivity contribution in [1.29, 1.82) is 0 Å². The van der Waals surface area contributed by atoms with E-state index < -0.39 is 0 Å². The Morgan fingerprint density at radius 3 is 2.48 bits per heavy atom. The van der Waals surface area contributed by atoms with Gasteiger partial charge in [0, 0.05) is 38.1 Å². The van der Waals surface area contributed by atoms with E-state index in [0.29, 0.717) is 5.02 Å². The van der Waals surface area contributed by atoms with E-state index in [4.69, 9.17) is 11.6 Å². The molecule has 1 N–H and O–H groups in total. The molecule has 6 heteroatoms. The van der Waals surface area contributed by atoms with Crippen molar-refractivity contribution < 1.29 is 0 Å². The largest absolute Gasteiger partial charge is 0.368 e. The van der Waals surface area contributed by atoms with E-state index in [1.54, 1.807) is 6.20 Å². The monoisotopic (exact) mass is 379 g/mol. The molecule has 1 saturated heterocycles. The third-order valence-corrected chi connectivity index (χ3v) is 5.04. The van der Waals surface area contributed by atoms with Crippen LogP contribution in [0.4, 0.5) is 23.1 Å². The van der Waals surface area contributed by atoms with Gasteiger partial charge < -0.3 is 15.1 Å². The van der Waals surface area contributed by atoms with Gasteiger partial charge in [0.25, 0.3) is 0 Å². The standard InChI is InChI=1S/C21H22ClN5/c1-16-5-4-6-17(15-16)26-11-13-27(14-12-26)21-23-10-9-20(25-21)24-19-8-3-2-7-18(19)22/h2-10,15H,11-14H2,1H3,(H,23,24,25). The minimum Gasteiger partial charge on any atom is -0.368 e. The Morgan fingerprint density at radius 1 is 0.926 bits per heavy atom. The summed E-state index contributed by atoms with van der Waals surface area (Å²) in [6.45, 7) is 5.82. The second kappa shape index (κ2) is 7.84. The summed E-state index contributed by atoms with van der Waals surface area (Å²) in [5.41, 5.74) is 3.41. The van der Waals surface area contributed by atoms with Crippen molar-refractivity contribution in [2.45, 2.75) is 6.92 Å². The minimum atomic E-state index is 0.671. The maximum atomic E-state index is 6.23. The van der Waals surface area contributed by atoms with Crippen molar-refractivity contribution in [3.05, 3.63) is 71.4 Å². The van der Waals surface area contributed by atoms with Gasteiger partial charge in [0.05, 0.1) is 10.7 Å². The van der Waals surface area contributed by atoms with Crippen LogP contribution in [0.5, 0.6) is 0 Å². The molecule has 27 heavy (non-hydrogen) atoms. The summed E-state index contributed by atoms with van der Waals surface area (Å²) >= 11 is 6.23. The van der Waals surface area contributed by atoms with Gasteiger partial charge in [0.15, 0.2) is 0 Å². The Bertz CT molecular complexity index is 922. The van der Waals surface area contributed by atoms with Crippen molar-refractivity contribution in [3.8, 4) is 0 Å². The van der Waals surface area contributed by atoms with Crippen molar-refractivity contribution in [2.75, 3.05) is 41.3 Å². The first-order valence-electron chi connectivity index (χ1n) is 9.10. The molecule has 0 unspecified atom stereocenters. The van der Waals surface area contributed by atoms with Crippen LogP contribution in [0.25, 0.3) is 0 Å². The molecule has 3 aromatic rings. The Labute approximate surface area is 164 Å². The quantitative estimate of drug-likeness (QED) is 0.722. The molecule has 0 atom stereocenters. The number of nitrogens with one attached hydrogen (secondary N) is 1. The first-order valence-corrected chi connectivity index (χ1v) is 9.48. The number of aryl methyl sites for hydroxylation is 1. The second-order valence-corrected chi connectivity index (χ2v) is 7.07. The van der Waals surface area contributed by atoms with E-state index in [9.17, 15) is 0 Å². The number of hydrogen-bond donors (Lipinski definition) is 1. The van der Waals surface area contributed by atoms with Gasteiger partial charge >= 0.3 is 0 Å². The number of halogens is 1. The molecule has 1 fully saturated rings. The molecule has 1 aliphatic heterocycles. The molecular weight excluding hydrogens is 358 g/mol. The minimum absolute atomic E-state index is 0.671. The number of rotatable bonds is 4. The highest BCUT2D eigenvalue weighted by molar-refractivity contribution is 6.33. The number of nitrogens with zero attached hydrogens (tertiary/aromatic N) is 4. The molecule has 0 radical (unpaired) electrons. The fraction of sp³-hybridized carbons (Fsp3) is 0.238. The molecule has 0 amide bonds. The molecule has 0 bridgehead atoms. The summed E-state index contributed by atoms with van der Waals surface area (Å²) in [6, 6.07) is 18.2. The van der Waals surface area contributed by atoms with E-state index >= 15 is 0 Å². The number of hydrogen-bond acceptors (Lipinski definition) is 5. The van der Waals surface area contributed by atoms with E-state index in [2.05, 4.69) is 56.3 Å². The van der Waals surface area contributed by atoms with Gasteiger partial charge in [-0.3, -0.25) is 0 Å². The van der Waals surface area contributed by atoms with Crippen molar-refractivity contribution in [3.63, 3.8) is 0 Å². The molecule has 0 spiro atoms. The fourth-order valence-corrected chi connectivity index (χ4v) is 3.44. The number of para-hydroxylation sites is 1. The molecular formula is C21H22ClN5. The summed E-state index contributed by atoms with van der Waals surface area (Å²) in [4.78, 5) is 13.8. The zero-order chi connectivity index (χ0) is 18.6. The predicted molar refractivity (Wildman–Crippen MR) is 112 cm³/mol. The van der Waals surface area contributed by atoms with Gasteiger partial charge in [-0.25, -0.2) is 4.98 Å². The van der Waals surface area contributed by atoms with Crippen LogP contribution in [-0.4, -0.2) is 36.1 Å². The first kappa shape index (κ1) is 17.6. The predicted octanol–water partition coefficient (Wildman–Crippen LogP) is 4.51. The number of anilines is 4. The maximum absolute atomic E-state index is 6.23. The van der Waals surface area contributed by atoms with Gasteiger partial charge in [-0.05, 0) is 42.8 Å².